The number of amides is 1. The molecule has 9 nitrogen and oxygen atoms in total. The van der Waals surface area contributed by atoms with Crippen LogP contribution in [0.1, 0.15) is 62.8 Å². The first kappa shape index (κ1) is 29.9. The number of hydrogen-bond acceptors (Lipinski definition) is 8. The number of carbonyl (C=O) groups excluding carboxylic acids is 2. The second kappa shape index (κ2) is 13.6. The second-order valence-electron chi connectivity index (χ2n) is 11.1. The number of aliphatic hydroxyl groups excluding tert-OH is 1. The molecule has 5 rings (SSSR count). The van der Waals surface area contributed by atoms with Gasteiger partial charge in [-0.3, -0.25) is 14.5 Å². The van der Waals surface area contributed by atoms with Crippen LogP contribution in [0.3, 0.4) is 0 Å². The molecule has 2 aromatic carbocycles. The minimum Gasteiger partial charge on any atom is -0.507 e. The van der Waals surface area contributed by atoms with Crippen molar-refractivity contribution in [3.63, 3.8) is 0 Å². The molecule has 0 aliphatic carbocycles. The van der Waals surface area contributed by atoms with E-state index in [1.165, 1.54) is 0 Å². The Hall–Kier alpha value is -3.56. The van der Waals surface area contributed by atoms with E-state index in [2.05, 4.69) is 11.8 Å². The fourth-order valence-electron chi connectivity index (χ4n) is 5.87. The number of Topliss-reactive ketones (excluding diaryl/α,β-unsaturated/α-hetero) is 1. The van der Waals surface area contributed by atoms with Gasteiger partial charge >= 0.3 is 0 Å². The minimum atomic E-state index is -0.775. The molecule has 1 amide bonds. The first-order valence-corrected chi connectivity index (χ1v) is 15.2. The zero-order valence-corrected chi connectivity index (χ0v) is 24.9. The molecule has 1 N–H and O–H groups in total. The Morgan fingerprint density at radius 2 is 1.81 bits per heavy atom. The summed E-state index contributed by atoms with van der Waals surface area (Å²) >= 11 is 0. The molecular weight excluding hydrogens is 536 g/mol. The Balaban J connectivity index is 1.53. The summed E-state index contributed by atoms with van der Waals surface area (Å²) in [6.45, 7) is 10.8. The highest BCUT2D eigenvalue weighted by molar-refractivity contribution is 6.46. The van der Waals surface area contributed by atoms with Crippen molar-refractivity contribution in [3.8, 4) is 17.2 Å². The van der Waals surface area contributed by atoms with Crippen molar-refractivity contribution in [2.45, 2.75) is 58.6 Å². The van der Waals surface area contributed by atoms with Gasteiger partial charge in [0.25, 0.3) is 11.7 Å². The Bertz CT molecular complexity index is 1320. The maximum absolute atomic E-state index is 13.6. The molecule has 3 aliphatic rings. The Morgan fingerprint density at radius 3 is 2.57 bits per heavy atom. The molecule has 3 aliphatic heterocycles. The zero-order valence-electron chi connectivity index (χ0n) is 24.9. The number of aliphatic hydroxyl groups is 1. The van der Waals surface area contributed by atoms with Crippen LogP contribution in [0, 0.1) is 0 Å². The lowest BCUT2D eigenvalue weighted by atomic mass is 9.94. The van der Waals surface area contributed by atoms with E-state index < -0.39 is 17.7 Å². The van der Waals surface area contributed by atoms with Crippen molar-refractivity contribution in [1.82, 2.24) is 9.80 Å². The van der Waals surface area contributed by atoms with Crippen LogP contribution in [0.4, 0.5) is 0 Å². The molecule has 2 atom stereocenters. The summed E-state index contributed by atoms with van der Waals surface area (Å²) in [5.74, 6) is 0.446. The van der Waals surface area contributed by atoms with E-state index in [-0.39, 0.29) is 17.4 Å². The van der Waals surface area contributed by atoms with Crippen molar-refractivity contribution in [3.05, 3.63) is 58.7 Å². The van der Waals surface area contributed by atoms with Crippen molar-refractivity contribution in [2.75, 3.05) is 52.6 Å². The van der Waals surface area contributed by atoms with E-state index in [4.69, 9.17) is 18.9 Å². The third-order valence-corrected chi connectivity index (χ3v) is 8.06. The van der Waals surface area contributed by atoms with Crippen LogP contribution in [-0.4, -0.2) is 85.3 Å². The van der Waals surface area contributed by atoms with Crippen molar-refractivity contribution >= 4 is 17.4 Å². The van der Waals surface area contributed by atoms with Crippen molar-refractivity contribution in [1.29, 1.82) is 0 Å². The van der Waals surface area contributed by atoms with E-state index >= 15 is 0 Å². The van der Waals surface area contributed by atoms with Gasteiger partial charge in [-0.05, 0) is 61.7 Å². The van der Waals surface area contributed by atoms with E-state index in [0.717, 1.165) is 43.7 Å². The lowest BCUT2D eigenvalue weighted by molar-refractivity contribution is -0.140. The van der Waals surface area contributed by atoms with Gasteiger partial charge in [-0.2, -0.15) is 0 Å². The van der Waals surface area contributed by atoms with Crippen LogP contribution in [0.2, 0.25) is 0 Å². The van der Waals surface area contributed by atoms with Crippen LogP contribution in [-0.2, 0) is 20.7 Å². The topological polar surface area (TPSA) is 97.8 Å². The first-order valence-electron chi connectivity index (χ1n) is 15.2. The van der Waals surface area contributed by atoms with E-state index in [1.54, 1.807) is 11.0 Å². The molecule has 0 unspecified atom stereocenters. The molecule has 0 saturated carbocycles. The number of benzene rings is 2. The molecule has 0 radical (unpaired) electrons. The number of hydrogen-bond donors (Lipinski definition) is 1. The van der Waals surface area contributed by atoms with Gasteiger partial charge in [-0.1, -0.05) is 25.8 Å². The predicted octanol–water partition coefficient (Wildman–Crippen LogP) is 4.73. The molecule has 3 heterocycles. The van der Waals surface area contributed by atoms with Crippen LogP contribution < -0.4 is 14.2 Å². The Labute approximate surface area is 248 Å². The molecule has 0 bridgehead atoms. The monoisotopic (exact) mass is 578 g/mol. The van der Waals surface area contributed by atoms with Crippen molar-refractivity contribution in [2.24, 2.45) is 0 Å². The number of carbonyl (C=O) groups is 2. The zero-order chi connectivity index (χ0) is 29.6. The number of ketones is 1. The largest absolute Gasteiger partial charge is 0.507 e. The summed E-state index contributed by atoms with van der Waals surface area (Å²) in [6.07, 6.45) is 3.87. The standard InChI is InChI=1S/C33H42N2O7/c1-4-6-7-16-41-27-11-8-23(21-28(27)40-5-2)30-29(31(36)24-9-10-26-25(20-24)19-22(3)42-26)32(37)33(38)35(30)13-12-34-14-17-39-18-15-34/h8-11,20-22,30,36H,4-7,12-19H2,1-3H3/t22-,30+/m0/s1. The third-order valence-electron chi connectivity index (χ3n) is 8.06. The van der Waals surface area contributed by atoms with Gasteiger partial charge in [0.1, 0.15) is 17.6 Å². The highest BCUT2D eigenvalue weighted by atomic mass is 16.5. The van der Waals surface area contributed by atoms with Gasteiger partial charge < -0.3 is 29.0 Å². The smallest absolute Gasteiger partial charge is 0.295 e. The second-order valence-corrected chi connectivity index (χ2v) is 11.1. The third kappa shape index (κ3) is 6.42. The molecule has 2 aromatic rings. The van der Waals surface area contributed by atoms with Crippen molar-refractivity contribution < 1.29 is 33.6 Å². The van der Waals surface area contributed by atoms with Gasteiger partial charge in [-0.25, -0.2) is 0 Å². The average molecular weight is 579 g/mol. The minimum absolute atomic E-state index is 0.0443. The number of ether oxygens (including phenoxy) is 4. The molecule has 0 aromatic heterocycles. The SMILES string of the molecule is CCCCCOc1ccc([C@@H]2C(=C(O)c3ccc4c(c3)C[C@H](C)O4)C(=O)C(=O)N2CCN2CCOCC2)cc1OCC. The number of nitrogens with zero attached hydrogens (tertiary/aromatic N) is 2. The average Bonchev–Trinajstić information content (AvgIpc) is 3.50. The van der Waals surface area contributed by atoms with Gasteiger partial charge in [0.15, 0.2) is 11.5 Å². The summed E-state index contributed by atoms with van der Waals surface area (Å²) in [7, 11) is 0. The number of fused-ring (bicyclic) bond motifs is 1. The van der Waals surface area contributed by atoms with Gasteiger partial charge in [-0.15, -0.1) is 0 Å². The summed E-state index contributed by atoms with van der Waals surface area (Å²) in [4.78, 5) is 30.9. The first-order chi connectivity index (χ1) is 20.4. The summed E-state index contributed by atoms with van der Waals surface area (Å²) < 4.78 is 23.3. The fraction of sp³-hybridized carbons (Fsp3) is 0.515. The maximum atomic E-state index is 13.6. The number of morpholine rings is 1. The predicted molar refractivity (Wildman–Crippen MR) is 159 cm³/mol. The van der Waals surface area contributed by atoms with E-state index in [9.17, 15) is 14.7 Å². The molecule has 2 fully saturated rings. The van der Waals surface area contributed by atoms with Crippen LogP contribution >= 0.6 is 0 Å². The van der Waals surface area contributed by atoms with Crippen LogP contribution in [0.25, 0.3) is 5.76 Å². The van der Waals surface area contributed by atoms with Gasteiger partial charge in [0, 0.05) is 38.2 Å². The van der Waals surface area contributed by atoms with Gasteiger partial charge in [0.2, 0.25) is 0 Å². The molecule has 9 heteroatoms. The van der Waals surface area contributed by atoms with E-state index in [0.29, 0.717) is 68.6 Å². The molecule has 0 spiro atoms. The highest BCUT2D eigenvalue weighted by Crippen LogP contribution is 2.43. The number of unbranched alkanes of at least 4 members (excludes halogenated alkanes) is 2. The Kier molecular flexibility index (Phi) is 9.69. The summed E-state index contributed by atoms with van der Waals surface area (Å²) in [6, 6.07) is 10.2. The number of likely N-dealkylation sites (tertiary alicyclic amines) is 1. The molecule has 226 valence electrons. The van der Waals surface area contributed by atoms with Gasteiger partial charge in [0.05, 0.1) is 38.0 Å². The molecule has 2 saturated heterocycles. The summed E-state index contributed by atoms with van der Waals surface area (Å²) in [5, 5.41) is 11.6. The quantitative estimate of drug-likeness (QED) is 0.167. The lowest BCUT2D eigenvalue weighted by Crippen LogP contribution is -2.42. The fourth-order valence-corrected chi connectivity index (χ4v) is 5.87. The summed E-state index contributed by atoms with van der Waals surface area (Å²) in [5.41, 5.74) is 2.21. The highest BCUT2D eigenvalue weighted by Gasteiger charge is 2.46. The molecule has 42 heavy (non-hydrogen) atoms. The normalized spacial score (nSPS) is 21.8. The lowest BCUT2D eigenvalue weighted by Gasteiger charge is -2.31. The molecular formula is C33H42N2O7. The number of rotatable bonds is 12. The van der Waals surface area contributed by atoms with E-state index in [1.807, 2.05) is 44.2 Å². The van der Waals surface area contributed by atoms with Crippen LogP contribution in [0.15, 0.2) is 42.0 Å². The Morgan fingerprint density at radius 1 is 1.00 bits per heavy atom. The maximum Gasteiger partial charge on any atom is 0.295 e. The van der Waals surface area contributed by atoms with Crippen LogP contribution in [0.5, 0.6) is 17.2 Å².